The lowest BCUT2D eigenvalue weighted by Crippen LogP contribution is -2.25. The Labute approximate surface area is 133 Å². The minimum atomic E-state index is -0.244. The van der Waals surface area contributed by atoms with E-state index in [1.54, 1.807) is 18.2 Å². The average molecular weight is 317 g/mol. The van der Waals surface area contributed by atoms with Gasteiger partial charge in [-0.3, -0.25) is 14.6 Å². The predicted octanol–water partition coefficient (Wildman–Crippen LogP) is 2.90. The number of amides is 1. The summed E-state index contributed by atoms with van der Waals surface area (Å²) >= 11 is 4.96. The number of aromatic amines is 2. The van der Waals surface area contributed by atoms with Crippen molar-refractivity contribution in [3.63, 3.8) is 0 Å². The van der Waals surface area contributed by atoms with Crippen LogP contribution in [0.25, 0.3) is 10.9 Å². The highest BCUT2D eigenvalue weighted by Crippen LogP contribution is 2.26. The molecule has 1 aromatic heterocycles. The van der Waals surface area contributed by atoms with E-state index in [1.807, 2.05) is 0 Å². The average Bonchev–Trinajstić information content (AvgIpc) is 2.99. The molecular formula is C16H19N3O2S. The first kappa shape index (κ1) is 15.0. The number of benzene rings is 1. The molecule has 3 rings (SSSR count). The third-order valence-corrected chi connectivity index (χ3v) is 4.52. The number of aromatic nitrogens is 2. The largest absolute Gasteiger partial charge is 0.352 e. The topological polar surface area (TPSA) is 77.8 Å². The third-order valence-electron chi connectivity index (χ3n) is 4.31. The van der Waals surface area contributed by atoms with E-state index in [1.165, 1.54) is 25.7 Å². The quantitative estimate of drug-likeness (QED) is 0.759. The van der Waals surface area contributed by atoms with Crippen LogP contribution in [0.4, 0.5) is 0 Å². The molecule has 0 bridgehead atoms. The van der Waals surface area contributed by atoms with Gasteiger partial charge in [0.25, 0.3) is 11.5 Å². The molecule has 1 fully saturated rings. The summed E-state index contributed by atoms with van der Waals surface area (Å²) in [5.74, 6) is 0.645. The molecule has 1 saturated carbocycles. The molecule has 0 spiro atoms. The Morgan fingerprint density at radius 3 is 2.82 bits per heavy atom. The maximum absolute atomic E-state index is 12.2. The summed E-state index contributed by atoms with van der Waals surface area (Å²) in [6.07, 6.45) is 6.24. The molecule has 1 aromatic carbocycles. The van der Waals surface area contributed by atoms with Crippen molar-refractivity contribution in [2.75, 3.05) is 6.54 Å². The van der Waals surface area contributed by atoms with Gasteiger partial charge in [0.05, 0.1) is 10.9 Å². The van der Waals surface area contributed by atoms with Gasteiger partial charge in [-0.05, 0) is 42.8 Å². The zero-order valence-corrected chi connectivity index (χ0v) is 13.1. The number of hydrogen-bond acceptors (Lipinski definition) is 3. The van der Waals surface area contributed by atoms with Gasteiger partial charge in [-0.15, -0.1) is 0 Å². The molecule has 5 nitrogen and oxygen atoms in total. The van der Waals surface area contributed by atoms with E-state index in [0.717, 1.165) is 12.3 Å². The molecule has 2 aromatic rings. The van der Waals surface area contributed by atoms with Crippen LogP contribution in [0.5, 0.6) is 0 Å². The highest BCUT2D eigenvalue weighted by Gasteiger charge is 2.15. The lowest BCUT2D eigenvalue weighted by Gasteiger charge is -2.10. The Morgan fingerprint density at radius 2 is 2.05 bits per heavy atom. The standard InChI is InChI=1S/C16H19N3O2S/c20-14(17-8-7-10-3-1-2-4-10)11-5-6-12-13(9-11)18-16(22)19-15(12)21/h5-6,9-10H,1-4,7-8H2,(H,17,20)(H2,18,19,21,22). The Balaban J connectivity index is 1.70. The van der Waals surface area contributed by atoms with Gasteiger partial charge in [0, 0.05) is 12.1 Å². The molecule has 22 heavy (non-hydrogen) atoms. The number of hydrogen-bond donors (Lipinski definition) is 3. The molecule has 1 aliphatic carbocycles. The second kappa shape index (κ2) is 6.44. The fourth-order valence-corrected chi connectivity index (χ4v) is 3.30. The molecule has 1 aliphatic rings. The molecule has 0 saturated heterocycles. The van der Waals surface area contributed by atoms with Crippen LogP contribution in [0.3, 0.4) is 0 Å². The molecular weight excluding hydrogens is 298 g/mol. The Kier molecular flexibility index (Phi) is 4.38. The Morgan fingerprint density at radius 1 is 1.27 bits per heavy atom. The van der Waals surface area contributed by atoms with Gasteiger partial charge in [-0.2, -0.15) is 0 Å². The summed E-state index contributed by atoms with van der Waals surface area (Å²) in [5.41, 5.74) is 0.874. The zero-order valence-electron chi connectivity index (χ0n) is 12.3. The van der Waals surface area contributed by atoms with Gasteiger partial charge in [-0.25, -0.2) is 0 Å². The highest BCUT2D eigenvalue weighted by molar-refractivity contribution is 7.71. The molecule has 116 valence electrons. The van der Waals surface area contributed by atoms with Crippen LogP contribution in [-0.4, -0.2) is 22.4 Å². The molecule has 3 N–H and O–H groups in total. The summed E-state index contributed by atoms with van der Waals surface area (Å²) in [6, 6.07) is 4.98. The van der Waals surface area contributed by atoms with Gasteiger partial charge in [0.2, 0.25) is 0 Å². The number of rotatable bonds is 4. The van der Waals surface area contributed by atoms with E-state index in [4.69, 9.17) is 12.2 Å². The summed E-state index contributed by atoms with van der Waals surface area (Å²) in [5, 5.41) is 3.45. The number of H-pyrrole nitrogens is 2. The van der Waals surface area contributed by atoms with Gasteiger partial charge in [-0.1, -0.05) is 25.7 Å². The monoisotopic (exact) mass is 317 g/mol. The van der Waals surface area contributed by atoms with Crippen molar-refractivity contribution in [1.29, 1.82) is 0 Å². The fourth-order valence-electron chi connectivity index (χ4n) is 3.10. The molecule has 0 atom stereocenters. The van der Waals surface area contributed by atoms with E-state index >= 15 is 0 Å². The van der Waals surface area contributed by atoms with Crippen molar-refractivity contribution in [3.05, 3.63) is 38.9 Å². The van der Waals surface area contributed by atoms with Gasteiger partial charge in [0.1, 0.15) is 0 Å². The maximum Gasteiger partial charge on any atom is 0.259 e. The molecule has 1 heterocycles. The van der Waals surface area contributed by atoms with Crippen molar-refractivity contribution in [1.82, 2.24) is 15.3 Å². The number of carbonyl (C=O) groups is 1. The third kappa shape index (κ3) is 3.27. The smallest absolute Gasteiger partial charge is 0.259 e. The van der Waals surface area contributed by atoms with E-state index in [-0.39, 0.29) is 16.2 Å². The molecule has 0 unspecified atom stereocenters. The normalized spacial score (nSPS) is 15.3. The van der Waals surface area contributed by atoms with Gasteiger partial charge < -0.3 is 10.3 Å². The van der Waals surface area contributed by atoms with E-state index in [2.05, 4.69) is 15.3 Å². The molecule has 1 amide bonds. The number of nitrogens with one attached hydrogen (secondary N) is 3. The van der Waals surface area contributed by atoms with Crippen molar-refractivity contribution in [3.8, 4) is 0 Å². The maximum atomic E-state index is 12.2. The minimum absolute atomic E-state index is 0.112. The Bertz CT molecular complexity index is 803. The first-order chi connectivity index (χ1) is 10.6. The summed E-state index contributed by atoms with van der Waals surface area (Å²) in [4.78, 5) is 29.4. The van der Waals surface area contributed by atoms with Crippen LogP contribution in [-0.2, 0) is 0 Å². The zero-order chi connectivity index (χ0) is 15.5. The minimum Gasteiger partial charge on any atom is -0.352 e. The van der Waals surface area contributed by atoms with E-state index in [9.17, 15) is 9.59 Å². The van der Waals surface area contributed by atoms with Crippen molar-refractivity contribution < 1.29 is 4.79 Å². The fraction of sp³-hybridized carbons (Fsp3) is 0.438. The van der Waals surface area contributed by atoms with Gasteiger partial charge in [0.15, 0.2) is 4.77 Å². The summed E-state index contributed by atoms with van der Waals surface area (Å²) < 4.78 is 0.260. The number of carbonyl (C=O) groups excluding carboxylic acids is 1. The summed E-state index contributed by atoms with van der Waals surface area (Å²) in [7, 11) is 0. The van der Waals surface area contributed by atoms with Crippen molar-refractivity contribution in [2.24, 2.45) is 5.92 Å². The molecule has 6 heteroatoms. The molecule has 0 aliphatic heterocycles. The summed E-state index contributed by atoms with van der Waals surface area (Å²) in [6.45, 7) is 0.701. The molecule has 0 radical (unpaired) electrons. The highest BCUT2D eigenvalue weighted by atomic mass is 32.1. The predicted molar refractivity (Wildman–Crippen MR) is 88.7 cm³/mol. The SMILES string of the molecule is O=C(NCCC1CCCC1)c1ccc2c(=O)[nH]c(=S)[nH]c2c1. The van der Waals surface area contributed by atoms with Crippen molar-refractivity contribution >= 4 is 29.0 Å². The lowest BCUT2D eigenvalue weighted by atomic mass is 10.0. The second-order valence-corrected chi connectivity index (χ2v) is 6.27. The van der Waals surface area contributed by atoms with Crippen LogP contribution < -0.4 is 10.9 Å². The van der Waals surface area contributed by atoms with Crippen LogP contribution in [0.2, 0.25) is 0 Å². The number of fused-ring (bicyclic) bond motifs is 1. The Hall–Kier alpha value is -1.95. The first-order valence-corrected chi connectivity index (χ1v) is 8.09. The van der Waals surface area contributed by atoms with Crippen LogP contribution in [0.15, 0.2) is 23.0 Å². The van der Waals surface area contributed by atoms with E-state index < -0.39 is 0 Å². The van der Waals surface area contributed by atoms with E-state index in [0.29, 0.717) is 23.0 Å². The van der Waals surface area contributed by atoms with Crippen molar-refractivity contribution in [2.45, 2.75) is 32.1 Å². The van der Waals surface area contributed by atoms with Crippen LogP contribution in [0.1, 0.15) is 42.5 Å². The van der Waals surface area contributed by atoms with Crippen LogP contribution >= 0.6 is 12.2 Å². The van der Waals surface area contributed by atoms with Gasteiger partial charge >= 0.3 is 0 Å². The van der Waals surface area contributed by atoms with Crippen LogP contribution in [0, 0.1) is 10.7 Å². The second-order valence-electron chi connectivity index (χ2n) is 5.86. The lowest BCUT2D eigenvalue weighted by molar-refractivity contribution is 0.0951. The first-order valence-electron chi connectivity index (χ1n) is 7.68.